The van der Waals surface area contributed by atoms with E-state index in [0.29, 0.717) is 9.36 Å². The Labute approximate surface area is 169 Å². The van der Waals surface area contributed by atoms with Crippen molar-refractivity contribution in [1.29, 1.82) is 0 Å². The monoisotopic (exact) mass is 394 g/mol. The average molecular weight is 395 g/mol. The van der Waals surface area contributed by atoms with Crippen LogP contribution in [-0.4, -0.2) is 43.2 Å². The Morgan fingerprint density at radius 1 is 1.44 bits per heavy atom. The second kappa shape index (κ2) is 7.73. The molecule has 0 aliphatic carbocycles. The number of aryl methyl sites for hydroxylation is 1. The third-order valence-electron chi connectivity index (χ3n) is 3.47. The molecule has 2 N–H and O–H groups in total. The number of amides is 1. The lowest BCUT2D eigenvalue weighted by molar-refractivity contribution is 0.0920. The Hall–Kier alpha value is -2.97. The Balaban J connectivity index is 2.34. The zero-order chi connectivity index (χ0) is 25.5. The minimum atomic E-state index is -2.66. The van der Waals surface area contributed by atoms with Crippen molar-refractivity contribution >= 4 is 17.5 Å². The van der Waals surface area contributed by atoms with Gasteiger partial charge in [0.25, 0.3) is 11.5 Å². The van der Waals surface area contributed by atoms with E-state index in [1.165, 1.54) is 6.92 Å². The molecular weight excluding hydrogens is 370 g/mol. The number of nitrogens with one attached hydrogen (secondary N) is 1. The number of carbonyl (C=O) groups is 1. The lowest BCUT2D eigenvalue weighted by atomic mass is 10.1. The number of aliphatic hydroxyl groups excluding tert-OH is 1. The Morgan fingerprint density at radius 3 is 2.81 bits per heavy atom. The molecule has 1 atom stereocenters. The summed E-state index contributed by atoms with van der Waals surface area (Å²) in [6, 6.07) is -1.94. The predicted octanol–water partition coefficient (Wildman–Crippen LogP) is 1.40. The molecule has 3 aromatic rings. The van der Waals surface area contributed by atoms with Crippen LogP contribution in [0.15, 0.2) is 47.4 Å². The topological polar surface area (TPSA) is 102 Å². The summed E-state index contributed by atoms with van der Waals surface area (Å²) in [5.74, 6) is -0.906. The minimum absolute atomic E-state index is 0.128. The van der Waals surface area contributed by atoms with Crippen LogP contribution in [0.3, 0.4) is 0 Å². The van der Waals surface area contributed by atoms with Gasteiger partial charge in [0.15, 0.2) is 0 Å². The Kier molecular flexibility index (Phi) is 3.34. The molecule has 1 aromatic carbocycles. The molecule has 2 aromatic heterocycles. The molecule has 0 radical (unpaired) electrons. The van der Waals surface area contributed by atoms with Gasteiger partial charge in [0, 0.05) is 27.7 Å². The maximum Gasteiger partial charge on any atom is 0.284 e. The van der Waals surface area contributed by atoms with E-state index >= 15 is 0 Å². The number of hydrogen-bond donors (Lipinski definition) is 2. The highest BCUT2D eigenvalue weighted by Crippen LogP contribution is 2.20. The molecule has 2 heterocycles. The summed E-state index contributed by atoms with van der Waals surface area (Å²) in [6.45, 7) is -1.59. The van der Waals surface area contributed by atoms with Gasteiger partial charge in [0.05, 0.1) is 30.2 Å². The molecule has 9 heteroatoms. The third kappa shape index (κ3) is 4.07. The van der Waals surface area contributed by atoms with Gasteiger partial charge in [-0.25, -0.2) is 0 Å². The van der Waals surface area contributed by atoms with E-state index in [0.717, 1.165) is 18.5 Å². The van der Waals surface area contributed by atoms with Crippen LogP contribution in [0.4, 0.5) is 0 Å². The van der Waals surface area contributed by atoms with E-state index in [4.69, 9.17) is 21.2 Å². The van der Waals surface area contributed by atoms with Crippen LogP contribution < -0.4 is 10.9 Å². The molecule has 27 heavy (non-hydrogen) atoms. The highest BCUT2D eigenvalue weighted by atomic mass is 35.5. The fourth-order valence-corrected chi connectivity index (χ4v) is 2.24. The zero-order valence-corrected chi connectivity index (χ0v) is 14.7. The normalized spacial score (nSPS) is 16.2. The first-order chi connectivity index (χ1) is 15.8. The highest BCUT2D eigenvalue weighted by Gasteiger charge is 2.19. The molecule has 0 spiro atoms. The molecular formula is C18H18ClN5O3. The van der Waals surface area contributed by atoms with Crippen molar-refractivity contribution < 1.29 is 19.5 Å². The fraction of sp³-hybridized carbons (Fsp3) is 0.222. The van der Waals surface area contributed by atoms with Gasteiger partial charge in [0.2, 0.25) is 0 Å². The molecule has 0 fully saturated rings. The first kappa shape index (κ1) is 11.7. The minimum Gasteiger partial charge on any atom is -0.394 e. The van der Waals surface area contributed by atoms with Gasteiger partial charge < -0.3 is 10.4 Å². The quantitative estimate of drug-likeness (QED) is 0.681. The maximum atomic E-state index is 13.1. The Bertz CT molecular complexity index is 1310. The summed E-state index contributed by atoms with van der Waals surface area (Å²) >= 11 is 5.86. The summed E-state index contributed by atoms with van der Waals surface area (Å²) in [7, 11) is 0. The third-order valence-corrected chi connectivity index (χ3v) is 3.66. The number of benzene rings is 1. The molecule has 3 rings (SSSR count). The smallest absolute Gasteiger partial charge is 0.284 e. The average Bonchev–Trinajstić information content (AvgIpc) is 3.27. The van der Waals surface area contributed by atoms with Gasteiger partial charge in [-0.2, -0.15) is 14.9 Å². The number of halogens is 1. The summed E-state index contributed by atoms with van der Waals surface area (Å²) in [4.78, 5) is 25.9. The second-order valence-electron chi connectivity index (χ2n) is 5.55. The zero-order valence-electron chi connectivity index (χ0n) is 20.9. The first-order valence-corrected chi connectivity index (χ1v) is 8.03. The van der Waals surface area contributed by atoms with Crippen molar-refractivity contribution in [2.45, 2.75) is 13.0 Å². The van der Waals surface area contributed by atoms with Crippen LogP contribution >= 0.6 is 11.6 Å². The fourth-order valence-electron chi connectivity index (χ4n) is 2.15. The molecule has 0 aliphatic heterocycles. The van der Waals surface area contributed by atoms with Crippen molar-refractivity contribution in [1.82, 2.24) is 24.9 Å². The molecule has 0 saturated heterocycles. The van der Waals surface area contributed by atoms with Gasteiger partial charge in [-0.1, -0.05) is 23.7 Å². The summed E-state index contributed by atoms with van der Waals surface area (Å²) in [6.07, 6.45) is 2.03. The molecule has 0 saturated carbocycles. The molecule has 0 unspecified atom stereocenters. The Morgan fingerprint density at radius 2 is 2.19 bits per heavy atom. The number of nitrogens with zero attached hydrogens (tertiary/aromatic N) is 4. The number of aliphatic hydroxyl groups is 1. The van der Waals surface area contributed by atoms with E-state index in [1.54, 1.807) is 0 Å². The molecule has 1 amide bonds. The molecule has 0 aliphatic rings. The summed E-state index contributed by atoms with van der Waals surface area (Å²) in [5, 5.41) is 19.0. The van der Waals surface area contributed by atoms with Gasteiger partial charge in [0.1, 0.15) is 11.3 Å². The van der Waals surface area contributed by atoms with Gasteiger partial charge in [-0.15, -0.1) is 0 Å². The first-order valence-electron chi connectivity index (χ1n) is 11.2. The van der Waals surface area contributed by atoms with E-state index in [2.05, 4.69) is 15.5 Å². The van der Waals surface area contributed by atoms with E-state index in [9.17, 15) is 14.7 Å². The van der Waals surface area contributed by atoms with Gasteiger partial charge >= 0.3 is 0 Å². The van der Waals surface area contributed by atoms with Crippen LogP contribution in [0.1, 0.15) is 26.9 Å². The number of rotatable bonds is 5. The van der Waals surface area contributed by atoms with E-state index in [-0.39, 0.29) is 16.9 Å². The van der Waals surface area contributed by atoms with E-state index < -0.39 is 65.8 Å². The predicted molar refractivity (Wildman–Crippen MR) is 101 cm³/mol. The lowest BCUT2D eigenvalue weighted by Gasteiger charge is -2.13. The highest BCUT2D eigenvalue weighted by molar-refractivity contribution is 6.30. The summed E-state index contributed by atoms with van der Waals surface area (Å²) < 4.78 is 56.0. The lowest BCUT2D eigenvalue weighted by Crippen LogP contribution is -2.39. The van der Waals surface area contributed by atoms with Crippen LogP contribution in [0.2, 0.25) is 5.02 Å². The number of carbonyl (C=O) groups excluding carboxylic acids is 1. The molecule has 8 nitrogen and oxygen atoms in total. The van der Waals surface area contributed by atoms with Gasteiger partial charge in [-0.3, -0.25) is 14.3 Å². The van der Waals surface area contributed by atoms with Crippen molar-refractivity contribution in [3.05, 3.63) is 63.6 Å². The standard InChI is InChI=1S/C18H18ClN5O3/c1-11(10-25)21-17(26)15-7-16(12-3-5-13(19)6-4-12)22-24(18(15)27)14-8-20-23(2)9-14/h3-9,11,25H,10H2,1-2H3,(H,21,26)/t11-/m0/s1/i2D3,3D,4D,5D,6D. The van der Waals surface area contributed by atoms with Crippen LogP contribution in [0, 0.1) is 0 Å². The maximum absolute atomic E-state index is 13.1. The number of aromatic nitrogens is 4. The molecule has 0 bridgehead atoms. The van der Waals surface area contributed by atoms with Crippen molar-refractivity contribution in [2.75, 3.05) is 6.61 Å². The van der Waals surface area contributed by atoms with Crippen molar-refractivity contribution in [3.8, 4) is 16.9 Å². The molecule has 140 valence electrons. The van der Waals surface area contributed by atoms with Crippen LogP contribution in [0.25, 0.3) is 16.9 Å². The SMILES string of the molecule is [2H]c1c([2H])c(-c2cc(C(=O)N[C@@H](C)CO)c(=O)n(-c3cnn(C([2H])([2H])[2H])c3)n2)c([2H])c([2H])c1Cl. The summed E-state index contributed by atoms with van der Waals surface area (Å²) in [5.41, 5.74) is -2.21. The van der Waals surface area contributed by atoms with Crippen LogP contribution in [-0.2, 0) is 6.98 Å². The second-order valence-corrected chi connectivity index (χ2v) is 5.93. The van der Waals surface area contributed by atoms with Gasteiger partial charge in [-0.05, 0) is 25.1 Å². The van der Waals surface area contributed by atoms with Crippen LogP contribution in [0.5, 0.6) is 0 Å². The number of hydrogen-bond acceptors (Lipinski definition) is 5. The van der Waals surface area contributed by atoms with Crippen molar-refractivity contribution in [2.24, 2.45) is 6.98 Å². The largest absolute Gasteiger partial charge is 0.394 e. The van der Waals surface area contributed by atoms with Crippen molar-refractivity contribution in [3.63, 3.8) is 0 Å². The van der Waals surface area contributed by atoms with E-state index in [1.807, 2.05) is 0 Å².